The lowest BCUT2D eigenvalue weighted by Gasteiger charge is -2.09. The predicted molar refractivity (Wildman–Crippen MR) is 106 cm³/mol. The molecule has 1 aromatic heterocycles. The number of halogens is 1. The van der Waals surface area contributed by atoms with Gasteiger partial charge in [0.05, 0.1) is 0 Å². The first-order chi connectivity index (χ1) is 13.0. The molecule has 2 amide bonds. The molecule has 0 spiro atoms. The smallest absolute Gasteiger partial charge is 0.274 e. The second-order valence-corrected chi connectivity index (χ2v) is 6.42. The fourth-order valence-corrected chi connectivity index (χ4v) is 2.59. The Kier molecular flexibility index (Phi) is 5.84. The summed E-state index contributed by atoms with van der Waals surface area (Å²) in [6.45, 7) is 2.25. The lowest BCUT2D eigenvalue weighted by molar-refractivity contribution is 0.0945. The summed E-state index contributed by atoms with van der Waals surface area (Å²) in [6, 6.07) is 19.4. The zero-order valence-corrected chi connectivity index (χ0v) is 15.5. The third-order valence-electron chi connectivity index (χ3n) is 3.97. The number of para-hydroxylation sites is 1. The quantitative estimate of drug-likeness (QED) is 0.697. The Balaban J connectivity index is 1.67. The summed E-state index contributed by atoms with van der Waals surface area (Å²) < 4.78 is 0. The largest absolute Gasteiger partial charge is 0.347 e. The number of aromatic nitrogens is 1. The van der Waals surface area contributed by atoms with E-state index in [9.17, 15) is 9.59 Å². The summed E-state index contributed by atoms with van der Waals surface area (Å²) in [5.41, 5.74) is 2.93. The maximum atomic E-state index is 12.4. The molecule has 27 heavy (non-hydrogen) atoms. The molecule has 0 aliphatic heterocycles. The molecule has 0 fully saturated rings. The van der Waals surface area contributed by atoms with Crippen molar-refractivity contribution in [2.45, 2.75) is 13.5 Å². The summed E-state index contributed by atoms with van der Waals surface area (Å²) in [5.74, 6) is -0.716. The van der Waals surface area contributed by atoms with Crippen LogP contribution in [0.5, 0.6) is 0 Å². The predicted octanol–water partition coefficient (Wildman–Crippen LogP) is 4.23. The average Bonchev–Trinajstić information content (AvgIpc) is 2.69. The molecule has 0 radical (unpaired) electrons. The molecule has 0 bridgehead atoms. The highest BCUT2D eigenvalue weighted by Crippen LogP contribution is 2.14. The normalized spacial score (nSPS) is 10.3. The number of carbonyl (C=O) groups excluding carboxylic acids is 2. The van der Waals surface area contributed by atoms with Crippen molar-refractivity contribution in [1.82, 2.24) is 10.3 Å². The molecule has 5 nitrogen and oxygen atoms in total. The Labute approximate surface area is 162 Å². The van der Waals surface area contributed by atoms with Gasteiger partial charge in [0.1, 0.15) is 11.4 Å². The first kappa shape index (κ1) is 18.6. The van der Waals surface area contributed by atoms with Crippen molar-refractivity contribution < 1.29 is 9.59 Å². The maximum absolute atomic E-state index is 12.4. The van der Waals surface area contributed by atoms with E-state index in [2.05, 4.69) is 15.6 Å². The SMILES string of the molecule is Cc1ccccc1NC(=O)c1cccc(C(=O)NCc2ccc(Cl)cc2)n1. The number of rotatable bonds is 5. The third kappa shape index (κ3) is 4.92. The van der Waals surface area contributed by atoms with Gasteiger partial charge in [0.15, 0.2) is 0 Å². The van der Waals surface area contributed by atoms with E-state index in [1.807, 2.05) is 43.3 Å². The fourth-order valence-electron chi connectivity index (χ4n) is 2.46. The van der Waals surface area contributed by atoms with Crippen LogP contribution in [0.4, 0.5) is 5.69 Å². The first-order valence-electron chi connectivity index (χ1n) is 8.39. The summed E-state index contributed by atoms with van der Waals surface area (Å²) in [7, 11) is 0. The molecule has 2 aromatic carbocycles. The molecule has 0 saturated heterocycles. The van der Waals surface area contributed by atoms with Gasteiger partial charge in [0, 0.05) is 17.3 Å². The number of pyridine rings is 1. The van der Waals surface area contributed by atoms with E-state index in [4.69, 9.17) is 11.6 Å². The standard InChI is InChI=1S/C21H18ClN3O2/c1-14-5-2-3-6-17(14)25-21(27)19-8-4-7-18(24-19)20(26)23-13-15-9-11-16(22)12-10-15/h2-12H,13H2,1H3,(H,23,26)(H,25,27). The van der Waals surface area contributed by atoms with Crippen LogP contribution in [0.1, 0.15) is 32.1 Å². The Hall–Kier alpha value is -3.18. The molecule has 0 aliphatic rings. The van der Waals surface area contributed by atoms with Gasteiger partial charge in [-0.2, -0.15) is 0 Å². The highest BCUT2D eigenvalue weighted by Gasteiger charge is 2.13. The molecule has 2 N–H and O–H groups in total. The summed E-state index contributed by atoms with van der Waals surface area (Å²) >= 11 is 5.85. The molecular formula is C21H18ClN3O2. The Bertz CT molecular complexity index is 971. The van der Waals surface area contributed by atoms with Crippen LogP contribution in [0.25, 0.3) is 0 Å². The summed E-state index contributed by atoms with van der Waals surface area (Å²) in [4.78, 5) is 29.0. The van der Waals surface area contributed by atoms with Gasteiger partial charge in [-0.25, -0.2) is 4.98 Å². The minimum atomic E-state index is -0.364. The van der Waals surface area contributed by atoms with Crippen LogP contribution in [0, 0.1) is 6.92 Å². The number of hydrogen-bond acceptors (Lipinski definition) is 3. The lowest BCUT2D eigenvalue weighted by Crippen LogP contribution is -2.25. The van der Waals surface area contributed by atoms with E-state index in [1.54, 1.807) is 30.3 Å². The highest BCUT2D eigenvalue weighted by molar-refractivity contribution is 6.30. The zero-order chi connectivity index (χ0) is 19.2. The minimum absolute atomic E-state index is 0.178. The monoisotopic (exact) mass is 379 g/mol. The van der Waals surface area contributed by atoms with Crippen molar-refractivity contribution in [3.05, 3.63) is 94.3 Å². The topological polar surface area (TPSA) is 71.1 Å². The van der Waals surface area contributed by atoms with Crippen LogP contribution in [0.3, 0.4) is 0 Å². The minimum Gasteiger partial charge on any atom is -0.347 e. The van der Waals surface area contributed by atoms with Gasteiger partial charge in [0.25, 0.3) is 11.8 Å². The van der Waals surface area contributed by atoms with Crippen LogP contribution < -0.4 is 10.6 Å². The number of aryl methyl sites for hydroxylation is 1. The maximum Gasteiger partial charge on any atom is 0.274 e. The first-order valence-corrected chi connectivity index (χ1v) is 8.77. The Morgan fingerprint density at radius 2 is 1.56 bits per heavy atom. The van der Waals surface area contributed by atoms with E-state index in [1.165, 1.54) is 0 Å². The zero-order valence-electron chi connectivity index (χ0n) is 14.7. The second kappa shape index (κ2) is 8.47. The molecule has 0 unspecified atom stereocenters. The number of benzene rings is 2. The average molecular weight is 380 g/mol. The Morgan fingerprint density at radius 1 is 0.889 bits per heavy atom. The molecule has 0 atom stereocenters. The number of amides is 2. The molecule has 0 saturated carbocycles. The van der Waals surface area contributed by atoms with Crippen molar-refractivity contribution in [1.29, 1.82) is 0 Å². The fraction of sp³-hybridized carbons (Fsp3) is 0.0952. The van der Waals surface area contributed by atoms with Crippen molar-refractivity contribution in [2.75, 3.05) is 5.32 Å². The van der Waals surface area contributed by atoms with Gasteiger partial charge in [-0.3, -0.25) is 9.59 Å². The van der Waals surface area contributed by atoms with Gasteiger partial charge >= 0.3 is 0 Å². The van der Waals surface area contributed by atoms with Crippen molar-refractivity contribution in [3.8, 4) is 0 Å². The van der Waals surface area contributed by atoms with E-state index >= 15 is 0 Å². The molecule has 6 heteroatoms. The number of nitrogens with one attached hydrogen (secondary N) is 2. The van der Waals surface area contributed by atoms with Crippen molar-refractivity contribution in [3.63, 3.8) is 0 Å². The van der Waals surface area contributed by atoms with Gasteiger partial charge in [-0.1, -0.05) is 48.0 Å². The van der Waals surface area contributed by atoms with Crippen molar-refractivity contribution in [2.24, 2.45) is 0 Å². The van der Waals surface area contributed by atoms with Crippen LogP contribution in [0.15, 0.2) is 66.7 Å². The Morgan fingerprint density at radius 3 is 2.26 bits per heavy atom. The van der Waals surface area contributed by atoms with Crippen molar-refractivity contribution >= 4 is 29.1 Å². The molecule has 136 valence electrons. The van der Waals surface area contributed by atoms with Crippen LogP contribution >= 0.6 is 11.6 Å². The van der Waals surface area contributed by atoms with Crippen LogP contribution in [0.2, 0.25) is 5.02 Å². The lowest BCUT2D eigenvalue weighted by atomic mass is 10.2. The van der Waals surface area contributed by atoms with E-state index in [-0.39, 0.29) is 23.2 Å². The second-order valence-electron chi connectivity index (χ2n) is 5.99. The number of carbonyl (C=O) groups is 2. The van der Waals surface area contributed by atoms with Gasteiger partial charge in [0.2, 0.25) is 0 Å². The van der Waals surface area contributed by atoms with E-state index < -0.39 is 0 Å². The number of hydrogen-bond donors (Lipinski definition) is 2. The molecule has 3 rings (SSSR count). The molecule has 0 aliphatic carbocycles. The van der Waals surface area contributed by atoms with E-state index in [0.29, 0.717) is 17.3 Å². The van der Waals surface area contributed by atoms with Gasteiger partial charge < -0.3 is 10.6 Å². The third-order valence-corrected chi connectivity index (χ3v) is 4.23. The summed E-state index contributed by atoms with van der Waals surface area (Å²) in [5, 5.41) is 6.23. The van der Waals surface area contributed by atoms with Gasteiger partial charge in [-0.05, 0) is 48.4 Å². The molecule has 3 aromatic rings. The highest BCUT2D eigenvalue weighted by atomic mass is 35.5. The van der Waals surface area contributed by atoms with E-state index in [0.717, 1.165) is 11.1 Å². The van der Waals surface area contributed by atoms with Gasteiger partial charge in [-0.15, -0.1) is 0 Å². The van der Waals surface area contributed by atoms with Crippen LogP contribution in [-0.2, 0) is 6.54 Å². The molecular weight excluding hydrogens is 362 g/mol. The molecule has 1 heterocycles. The summed E-state index contributed by atoms with van der Waals surface area (Å²) in [6.07, 6.45) is 0. The number of anilines is 1. The number of nitrogens with zero attached hydrogens (tertiary/aromatic N) is 1. The van der Waals surface area contributed by atoms with Crippen LogP contribution in [-0.4, -0.2) is 16.8 Å².